The molecule has 1 atom stereocenters. The van der Waals surface area contributed by atoms with Crippen LogP contribution in [0.3, 0.4) is 0 Å². The molecule has 0 aliphatic carbocycles. The molecular formula is C18H26N6. The number of likely N-dealkylation sites (tertiary alicyclic amines) is 1. The molecule has 3 rings (SSSR count). The minimum absolute atomic E-state index is 0.396. The van der Waals surface area contributed by atoms with Gasteiger partial charge in [0.05, 0.1) is 0 Å². The van der Waals surface area contributed by atoms with Gasteiger partial charge >= 0.3 is 0 Å². The van der Waals surface area contributed by atoms with Gasteiger partial charge in [-0.15, -0.1) is 0 Å². The highest BCUT2D eigenvalue weighted by atomic mass is 15.2. The summed E-state index contributed by atoms with van der Waals surface area (Å²) in [4.78, 5) is 20.7. The number of aryl methyl sites for hydroxylation is 3. The van der Waals surface area contributed by atoms with E-state index in [0.717, 1.165) is 48.2 Å². The molecular weight excluding hydrogens is 300 g/mol. The number of nitrogens with one attached hydrogen (secondary N) is 1. The van der Waals surface area contributed by atoms with Crippen molar-refractivity contribution in [1.82, 2.24) is 24.8 Å². The average molecular weight is 326 g/mol. The van der Waals surface area contributed by atoms with Gasteiger partial charge < -0.3 is 10.2 Å². The molecule has 3 heterocycles. The van der Waals surface area contributed by atoms with Crippen LogP contribution in [0, 0.1) is 20.8 Å². The van der Waals surface area contributed by atoms with Crippen LogP contribution in [-0.2, 0) is 0 Å². The van der Waals surface area contributed by atoms with Gasteiger partial charge in [0.15, 0.2) is 0 Å². The Hall–Kier alpha value is -2.08. The molecule has 0 unspecified atom stereocenters. The Kier molecular flexibility index (Phi) is 4.76. The Morgan fingerprint density at radius 3 is 2.29 bits per heavy atom. The number of aromatic nitrogens is 4. The predicted molar refractivity (Wildman–Crippen MR) is 95.6 cm³/mol. The molecule has 1 fully saturated rings. The molecule has 0 bridgehead atoms. The van der Waals surface area contributed by atoms with E-state index in [0.29, 0.717) is 17.9 Å². The molecule has 0 spiro atoms. The summed E-state index contributed by atoms with van der Waals surface area (Å²) in [6.07, 6.45) is 1.11. The maximum Gasteiger partial charge on any atom is 0.228 e. The van der Waals surface area contributed by atoms with Crippen LogP contribution in [-0.4, -0.2) is 44.0 Å². The van der Waals surface area contributed by atoms with Crippen molar-refractivity contribution in [1.29, 1.82) is 0 Å². The SMILES string of the molecule is Cc1cc(C)nc(Nc2cc(C)nc([C@H]3CCN(C(C)C)C3)n2)n1. The smallest absolute Gasteiger partial charge is 0.228 e. The standard InChI is InChI=1S/C18H26N6/c1-11(2)24-7-6-15(10-24)17-19-14(5)9-16(22-17)23-18-20-12(3)8-13(4)21-18/h8-9,11,15H,6-7,10H2,1-5H3,(H,19,20,21,22,23)/t15-/m0/s1. The molecule has 0 saturated carbocycles. The topological polar surface area (TPSA) is 66.8 Å². The van der Waals surface area contributed by atoms with E-state index in [9.17, 15) is 0 Å². The molecule has 1 aliphatic rings. The molecule has 1 saturated heterocycles. The van der Waals surface area contributed by atoms with Gasteiger partial charge in [-0.2, -0.15) is 0 Å². The Morgan fingerprint density at radius 1 is 1.00 bits per heavy atom. The number of rotatable bonds is 4. The van der Waals surface area contributed by atoms with Crippen molar-refractivity contribution in [3.8, 4) is 0 Å². The van der Waals surface area contributed by atoms with Crippen LogP contribution >= 0.6 is 0 Å². The Balaban J connectivity index is 1.81. The number of nitrogens with zero attached hydrogens (tertiary/aromatic N) is 5. The second-order valence-corrected chi connectivity index (χ2v) is 6.93. The summed E-state index contributed by atoms with van der Waals surface area (Å²) in [5, 5.41) is 3.24. The van der Waals surface area contributed by atoms with Crippen molar-refractivity contribution >= 4 is 11.8 Å². The zero-order chi connectivity index (χ0) is 17.3. The van der Waals surface area contributed by atoms with Gasteiger partial charge in [-0.3, -0.25) is 0 Å². The van der Waals surface area contributed by atoms with E-state index >= 15 is 0 Å². The first-order chi connectivity index (χ1) is 11.4. The highest BCUT2D eigenvalue weighted by molar-refractivity contribution is 5.48. The average Bonchev–Trinajstić information content (AvgIpc) is 2.95. The molecule has 1 N–H and O–H groups in total. The third-order valence-corrected chi connectivity index (χ3v) is 4.41. The van der Waals surface area contributed by atoms with E-state index in [-0.39, 0.29) is 0 Å². The van der Waals surface area contributed by atoms with Crippen LogP contribution in [0.1, 0.15) is 49.1 Å². The molecule has 0 radical (unpaired) electrons. The monoisotopic (exact) mass is 326 g/mol. The van der Waals surface area contributed by atoms with Crippen molar-refractivity contribution in [2.24, 2.45) is 0 Å². The summed E-state index contributed by atoms with van der Waals surface area (Å²) < 4.78 is 0. The molecule has 24 heavy (non-hydrogen) atoms. The number of hydrogen-bond donors (Lipinski definition) is 1. The molecule has 2 aromatic rings. The van der Waals surface area contributed by atoms with E-state index in [4.69, 9.17) is 4.98 Å². The molecule has 6 nitrogen and oxygen atoms in total. The third-order valence-electron chi connectivity index (χ3n) is 4.41. The van der Waals surface area contributed by atoms with Crippen LogP contribution in [0.15, 0.2) is 12.1 Å². The van der Waals surface area contributed by atoms with Gasteiger partial charge in [0, 0.05) is 41.7 Å². The lowest BCUT2D eigenvalue weighted by molar-refractivity contribution is 0.272. The maximum atomic E-state index is 4.74. The zero-order valence-corrected chi connectivity index (χ0v) is 15.2. The molecule has 0 amide bonds. The molecule has 1 aliphatic heterocycles. The molecule has 0 aromatic carbocycles. The summed E-state index contributed by atoms with van der Waals surface area (Å²) in [7, 11) is 0. The first kappa shape index (κ1) is 16.8. The molecule has 128 valence electrons. The summed E-state index contributed by atoms with van der Waals surface area (Å²) in [5.41, 5.74) is 2.86. The highest BCUT2D eigenvalue weighted by Crippen LogP contribution is 2.27. The fourth-order valence-corrected chi connectivity index (χ4v) is 3.20. The van der Waals surface area contributed by atoms with Gasteiger partial charge in [-0.05, 0) is 53.7 Å². The van der Waals surface area contributed by atoms with Crippen LogP contribution < -0.4 is 5.32 Å². The number of hydrogen-bond acceptors (Lipinski definition) is 6. The summed E-state index contributed by atoms with van der Waals surface area (Å²) >= 11 is 0. The van der Waals surface area contributed by atoms with E-state index in [1.807, 2.05) is 32.9 Å². The van der Waals surface area contributed by atoms with Crippen LogP contribution in [0.5, 0.6) is 0 Å². The van der Waals surface area contributed by atoms with Crippen molar-refractivity contribution in [3.63, 3.8) is 0 Å². The predicted octanol–water partition coefficient (Wildman–Crippen LogP) is 3.13. The fourth-order valence-electron chi connectivity index (χ4n) is 3.20. The van der Waals surface area contributed by atoms with E-state index in [2.05, 4.69) is 39.0 Å². The van der Waals surface area contributed by atoms with Crippen molar-refractivity contribution in [3.05, 3.63) is 35.0 Å². The lowest BCUT2D eigenvalue weighted by Gasteiger charge is -2.20. The molecule has 2 aromatic heterocycles. The minimum Gasteiger partial charge on any atom is -0.309 e. The van der Waals surface area contributed by atoms with Crippen molar-refractivity contribution in [2.45, 2.75) is 53.0 Å². The van der Waals surface area contributed by atoms with Gasteiger partial charge in [0.25, 0.3) is 0 Å². The van der Waals surface area contributed by atoms with Crippen molar-refractivity contribution < 1.29 is 0 Å². The second kappa shape index (κ2) is 6.81. The van der Waals surface area contributed by atoms with Gasteiger partial charge in [0.2, 0.25) is 5.95 Å². The third kappa shape index (κ3) is 3.87. The quantitative estimate of drug-likeness (QED) is 0.931. The fraction of sp³-hybridized carbons (Fsp3) is 0.556. The summed E-state index contributed by atoms with van der Waals surface area (Å²) in [6, 6.07) is 4.47. The second-order valence-electron chi connectivity index (χ2n) is 6.93. The zero-order valence-electron chi connectivity index (χ0n) is 15.2. The van der Waals surface area contributed by atoms with E-state index < -0.39 is 0 Å². The first-order valence-corrected chi connectivity index (χ1v) is 8.59. The Morgan fingerprint density at radius 2 is 1.67 bits per heavy atom. The first-order valence-electron chi connectivity index (χ1n) is 8.59. The summed E-state index contributed by atoms with van der Waals surface area (Å²) in [6.45, 7) is 12.6. The van der Waals surface area contributed by atoms with Crippen LogP contribution in [0.4, 0.5) is 11.8 Å². The maximum absolute atomic E-state index is 4.74. The normalized spacial score (nSPS) is 18.3. The minimum atomic E-state index is 0.396. The number of anilines is 2. The van der Waals surface area contributed by atoms with Gasteiger partial charge in [0.1, 0.15) is 11.6 Å². The van der Waals surface area contributed by atoms with E-state index in [1.54, 1.807) is 0 Å². The largest absolute Gasteiger partial charge is 0.309 e. The lowest BCUT2D eigenvalue weighted by Crippen LogP contribution is -2.28. The Bertz CT molecular complexity index is 707. The van der Waals surface area contributed by atoms with E-state index in [1.165, 1.54) is 0 Å². The van der Waals surface area contributed by atoms with Gasteiger partial charge in [-0.25, -0.2) is 19.9 Å². The summed E-state index contributed by atoms with van der Waals surface area (Å²) in [5.74, 6) is 2.68. The lowest BCUT2D eigenvalue weighted by atomic mass is 10.1. The van der Waals surface area contributed by atoms with Crippen LogP contribution in [0.2, 0.25) is 0 Å². The van der Waals surface area contributed by atoms with Crippen LogP contribution in [0.25, 0.3) is 0 Å². The Labute approximate surface area is 143 Å². The highest BCUT2D eigenvalue weighted by Gasteiger charge is 2.27. The molecule has 6 heteroatoms. The van der Waals surface area contributed by atoms with Crippen molar-refractivity contribution in [2.75, 3.05) is 18.4 Å². The van der Waals surface area contributed by atoms with Gasteiger partial charge in [-0.1, -0.05) is 0 Å².